The van der Waals surface area contributed by atoms with Gasteiger partial charge in [-0.25, -0.2) is 0 Å². The Labute approximate surface area is 136 Å². The van der Waals surface area contributed by atoms with E-state index in [0.717, 1.165) is 15.7 Å². The lowest BCUT2D eigenvalue weighted by Crippen LogP contribution is -2.19. The average molecular weight is 370 g/mol. The van der Waals surface area contributed by atoms with Crippen LogP contribution in [0.1, 0.15) is 5.56 Å². The van der Waals surface area contributed by atoms with Crippen molar-refractivity contribution in [2.45, 2.75) is 6.54 Å². The number of amides is 1. The summed E-state index contributed by atoms with van der Waals surface area (Å²) in [6, 6.07) is 13.1. The number of ether oxygens (including phenoxy) is 1. The summed E-state index contributed by atoms with van der Waals surface area (Å²) in [7, 11) is 0. The molecule has 21 heavy (non-hydrogen) atoms. The Bertz CT molecular complexity index is 632. The summed E-state index contributed by atoms with van der Waals surface area (Å²) in [4.78, 5) is 10.6. The highest BCUT2D eigenvalue weighted by atomic mass is 79.9. The normalized spacial score (nSPS) is 10.2. The topological polar surface area (TPSA) is 64.4 Å². The summed E-state index contributed by atoms with van der Waals surface area (Å²) in [5, 5.41) is 3.97. The number of halogens is 2. The van der Waals surface area contributed by atoms with Crippen LogP contribution in [0.3, 0.4) is 0 Å². The minimum absolute atomic E-state index is 0.115. The van der Waals surface area contributed by atoms with Gasteiger partial charge in [0.25, 0.3) is 5.91 Å². The molecule has 0 aliphatic heterocycles. The first-order valence-electron chi connectivity index (χ1n) is 6.23. The Kier molecular flexibility index (Phi) is 5.47. The molecule has 0 radical (unpaired) electrons. The second-order valence-electron chi connectivity index (χ2n) is 4.38. The number of hydrogen-bond acceptors (Lipinski definition) is 3. The van der Waals surface area contributed by atoms with Gasteiger partial charge in [-0.1, -0.05) is 23.7 Å². The van der Waals surface area contributed by atoms with Crippen LogP contribution in [0.5, 0.6) is 5.75 Å². The van der Waals surface area contributed by atoms with E-state index in [-0.39, 0.29) is 6.61 Å². The largest absolute Gasteiger partial charge is 0.484 e. The van der Waals surface area contributed by atoms with Crippen LogP contribution in [-0.4, -0.2) is 12.5 Å². The molecule has 4 nitrogen and oxygen atoms in total. The number of primary amides is 1. The molecule has 2 aromatic carbocycles. The summed E-state index contributed by atoms with van der Waals surface area (Å²) in [5.41, 5.74) is 7.08. The first-order valence-corrected chi connectivity index (χ1v) is 7.40. The Balaban J connectivity index is 1.91. The van der Waals surface area contributed by atoms with Crippen LogP contribution < -0.4 is 15.8 Å². The summed E-state index contributed by atoms with van der Waals surface area (Å²) < 4.78 is 6.05. The van der Waals surface area contributed by atoms with Crippen molar-refractivity contribution < 1.29 is 9.53 Å². The fourth-order valence-corrected chi connectivity index (χ4v) is 2.16. The lowest BCUT2D eigenvalue weighted by molar-refractivity contribution is -0.119. The number of carbonyl (C=O) groups is 1. The van der Waals surface area contributed by atoms with Gasteiger partial charge in [-0.3, -0.25) is 4.79 Å². The first kappa shape index (κ1) is 15.7. The van der Waals surface area contributed by atoms with Crippen molar-refractivity contribution in [2.75, 3.05) is 11.9 Å². The summed E-state index contributed by atoms with van der Waals surface area (Å²) in [5.74, 6) is 0.126. The Morgan fingerprint density at radius 1 is 1.24 bits per heavy atom. The molecule has 1 amide bonds. The first-order chi connectivity index (χ1) is 10.0. The molecule has 0 heterocycles. The number of nitrogens with two attached hydrogens (primary N) is 1. The second kappa shape index (κ2) is 7.33. The fourth-order valence-electron chi connectivity index (χ4n) is 1.67. The van der Waals surface area contributed by atoms with Crippen molar-refractivity contribution in [2.24, 2.45) is 5.73 Å². The van der Waals surface area contributed by atoms with Gasteiger partial charge in [0.05, 0.1) is 5.02 Å². The zero-order valence-corrected chi connectivity index (χ0v) is 13.4. The van der Waals surface area contributed by atoms with Crippen molar-refractivity contribution in [3.63, 3.8) is 0 Å². The maximum absolute atomic E-state index is 10.6. The number of nitrogens with one attached hydrogen (secondary N) is 1. The van der Waals surface area contributed by atoms with Gasteiger partial charge in [-0.05, 0) is 51.8 Å². The molecule has 0 aliphatic rings. The molecular weight excluding hydrogens is 356 g/mol. The third kappa shape index (κ3) is 4.95. The highest BCUT2D eigenvalue weighted by Gasteiger charge is 2.01. The van der Waals surface area contributed by atoms with Crippen LogP contribution in [0.4, 0.5) is 5.69 Å². The SMILES string of the molecule is NC(=O)COc1ccc(CNc2ccc(Cl)c(Br)c2)cc1. The number of rotatable bonds is 6. The van der Waals surface area contributed by atoms with Crippen molar-refractivity contribution in [3.8, 4) is 5.75 Å². The average Bonchev–Trinajstić information content (AvgIpc) is 2.47. The van der Waals surface area contributed by atoms with E-state index in [1.807, 2.05) is 30.3 Å². The molecule has 0 atom stereocenters. The number of hydrogen-bond donors (Lipinski definition) is 2. The van der Waals surface area contributed by atoms with Gasteiger partial charge in [-0.2, -0.15) is 0 Å². The van der Waals surface area contributed by atoms with Crippen LogP contribution >= 0.6 is 27.5 Å². The molecule has 0 unspecified atom stereocenters. The van der Waals surface area contributed by atoms with Crippen molar-refractivity contribution in [1.29, 1.82) is 0 Å². The van der Waals surface area contributed by atoms with Gasteiger partial charge in [0.1, 0.15) is 5.75 Å². The number of carbonyl (C=O) groups excluding carboxylic acids is 1. The zero-order chi connectivity index (χ0) is 15.2. The molecule has 0 bridgehead atoms. The molecule has 110 valence electrons. The van der Waals surface area contributed by atoms with E-state index in [9.17, 15) is 4.79 Å². The van der Waals surface area contributed by atoms with Crippen LogP contribution in [0.2, 0.25) is 5.02 Å². The van der Waals surface area contributed by atoms with Gasteiger partial charge >= 0.3 is 0 Å². The lowest BCUT2D eigenvalue weighted by atomic mass is 10.2. The molecule has 0 fully saturated rings. The predicted octanol–water partition coefficient (Wildman–Crippen LogP) is 3.58. The maximum atomic E-state index is 10.6. The van der Waals surface area contributed by atoms with Gasteiger partial charge in [0.15, 0.2) is 6.61 Å². The van der Waals surface area contributed by atoms with Crippen molar-refractivity contribution in [1.82, 2.24) is 0 Å². The van der Waals surface area contributed by atoms with Gasteiger partial charge in [-0.15, -0.1) is 0 Å². The molecule has 0 aromatic heterocycles. The quantitative estimate of drug-likeness (QED) is 0.818. The lowest BCUT2D eigenvalue weighted by Gasteiger charge is -2.09. The van der Waals surface area contributed by atoms with Crippen LogP contribution in [0.25, 0.3) is 0 Å². The molecule has 0 saturated heterocycles. The Morgan fingerprint density at radius 2 is 1.95 bits per heavy atom. The molecule has 2 aromatic rings. The molecule has 0 saturated carbocycles. The monoisotopic (exact) mass is 368 g/mol. The van der Waals surface area contributed by atoms with E-state index in [1.165, 1.54) is 0 Å². The Morgan fingerprint density at radius 3 is 2.57 bits per heavy atom. The van der Waals surface area contributed by atoms with Crippen LogP contribution in [-0.2, 0) is 11.3 Å². The molecule has 0 spiro atoms. The second-order valence-corrected chi connectivity index (χ2v) is 5.64. The fraction of sp³-hybridized carbons (Fsp3) is 0.133. The summed E-state index contributed by atoms with van der Waals surface area (Å²) in [6.45, 7) is 0.556. The maximum Gasteiger partial charge on any atom is 0.255 e. The number of benzene rings is 2. The summed E-state index contributed by atoms with van der Waals surface area (Å²) in [6.07, 6.45) is 0. The minimum Gasteiger partial charge on any atom is -0.484 e. The molecule has 6 heteroatoms. The summed E-state index contributed by atoms with van der Waals surface area (Å²) >= 11 is 9.33. The van der Waals surface area contributed by atoms with Gasteiger partial charge in [0, 0.05) is 16.7 Å². The van der Waals surface area contributed by atoms with E-state index in [1.54, 1.807) is 12.1 Å². The van der Waals surface area contributed by atoms with E-state index in [2.05, 4.69) is 21.2 Å². The van der Waals surface area contributed by atoms with E-state index < -0.39 is 5.91 Å². The minimum atomic E-state index is -0.492. The molecule has 3 N–H and O–H groups in total. The smallest absolute Gasteiger partial charge is 0.255 e. The highest BCUT2D eigenvalue weighted by Crippen LogP contribution is 2.25. The van der Waals surface area contributed by atoms with E-state index in [0.29, 0.717) is 17.3 Å². The standard InChI is InChI=1S/C15H14BrClN2O2/c16-13-7-11(3-6-14(13)17)19-8-10-1-4-12(5-2-10)21-9-15(18)20/h1-7,19H,8-9H2,(H2,18,20). The van der Waals surface area contributed by atoms with E-state index in [4.69, 9.17) is 22.1 Å². The molecule has 0 aliphatic carbocycles. The predicted molar refractivity (Wildman–Crippen MR) is 87.6 cm³/mol. The van der Waals surface area contributed by atoms with Gasteiger partial charge < -0.3 is 15.8 Å². The Hall–Kier alpha value is -1.72. The van der Waals surface area contributed by atoms with Crippen molar-refractivity contribution in [3.05, 3.63) is 57.5 Å². The number of anilines is 1. The third-order valence-corrected chi connectivity index (χ3v) is 3.93. The van der Waals surface area contributed by atoms with Crippen LogP contribution in [0.15, 0.2) is 46.9 Å². The van der Waals surface area contributed by atoms with Gasteiger partial charge in [0.2, 0.25) is 0 Å². The molecule has 2 rings (SSSR count). The van der Waals surface area contributed by atoms with Crippen LogP contribution in [0, 0.1) is 0 Å². The third-order valence-electron chi connectivity index (χ3n) is 2.72. The van der Waals surface area contributed by atoms with E-state index >= 15 is 0 Å². The highest BCUT2D eigenvalue weighted by molar-refractivity contribution is 9.10. The molecular formula is C15H14BrClN2O2. The van der Waals surface area contributed by atoms with Crippen molar-refractivity contribution >= 4 is 39.1 Å². The zero-order valence-electron chi connectivity index (χ0n) is 11.1.